The Hall–Kier alpha value is -1.88. The SMILES string of the molecule is CN1CCN(c2ccc3c(c2)N(C)C(=O)C3=O)CC1. The minimum atomic E-state index is -0.439. The van der Waals surface area contributed by atoms with Gasteiger partial charge in [-0.2, -0.15) is 0 Å². The Labute approximate surface area is 112 Å². The molecule has 0 atom stereocenters. The highest BCUT2D eigenvalue weighted by Gasteiger charge is 2.33. The number of amides is 1. The van der Waals surface area contributed by atoms with E-state index in [1.54, 1.807) is 13.1 Å². The summed E-state index contributed by atoms with van der Waals surface area (Å²) >= 11 is 0. The molecule has 2 aliphatic rings. The molecule has 19 heavy (non-hydrogen) atoms. The first-order chi connectivity index (χ1) is 9.08. The van der Waals surface area contributed by atoms with Gasteiger partial charge in [-0.25, -0.2) is 0 Å². The number of carbonyl (C=O) groups is 2. The van der Waals surface area contributed by atoms with Crippen molar-refractivity contribution in [2.24, 2.45) is 0 Å². The molecule has 0 aliphatic carbocycles. The molecular weight excluding hydrogens is 242 g/mol. The first-order valence-electron chi connectivity index (χ1n) is 6.48. The van der Waals surface area contributed by atoms with Crippen molar-refractivity contribution in [1.29, 1.82) is 0 Å². The van der Waals surface area contributed by atoms with Gasteiger partial charge >= 0.3 is 0 Å². The fraction of sp³-hybridized carbons (Fsp3) is 0.429. The van der Waals surface area contributed by atoms with Gasteiger partial charge in [0.15, 0.2) is 0 Å². The van der Waals surface area contributed by atoms with E-state index in [0.717, 1.165) is 37.6 Å². The Morgan fingerprint density at radius 2 is 1.68 bits per heavy atom. The van der Waals surface area contributed by atoms with E-state index in [2.05, 4.69) is 16.8 Å². The second-order valence-electron chi connectivity index (χ2n) is 5.19. The minimum Gasteiger partial charge on any atom is -0.369 e. The highest BCUT2D eigenvalue weighted by molar-refractivity contribution is 6.52. The largest absolute Gasteiger partial charge is 0.369 e. The number of rotatable bonds is 1. The van der Waals surface area contributed by atoms with Crippen LogP contribution in [-0.4, -0.2) is 56.9 Å². The fourth-order valence-corrected chi connectivity index (χ4v) is 2.63. The third kappa shape index (κ3) is 1.90. The van der Waals surface area contributed by atoms with Crippen LogP contribution in [0.4, 0.5) is 11.4 Å². The summed E-state index contributed by atoms with van der Waals surface area (Å²) in [6, 6.07) is 5.66. The quantitative estimate of drug-likeness (QED) is 0.693. The van der Waals surface area contributed by atoms with E-state index in [9.17, 15) is 9.59 Å². The number of hydrogen-bond acceptors (Lipinski definition) is 4. The van der Waals surface area contributed by atoms with E-state index in [1.165, 1.54) is 4.90 Å². The van der Waals surface area contributed by atoms with Crippen LogP contribution in [0.5, 0.6) is 0 Å². The van der Waals surface area contributed by atoms with Crippen molar-refractivity contribution >= 4 is 23.1 Å². The van der Waals surface area contributed by atoms with Crippen molar-refractivity contribution in [3.63, 3.8) is 0 Å². The second-order valence-corrected chi connectivity index (χ2v) is 5.19. The molecule has 1 saturated heterocycles. The van der Waals surface area contributed by atoms with Crippen LogP contribution in [0.15, 0.2) is 18.2 Å². The number of anilines is 2. The number of fused-ring (bicyclic) bond motifs is 1. The summed E-state index contributed by atoms with van der Waals surface area (Å²) in [5.74, 6) is -0.840. The molecule has 5 nitrogen and oxygen atoms in total. The fourth-order valence-electron chi connectivity index (χ4n) is 2.63. The standard InChI is InChI=1S/C14H17N3O2/c1-15-5-7-17(8-6-15)10-3-4-11-12(9-10)16(2)14(19)13(11)18/h3-4,9H,5-8H2,1-2H3. The molecular formula is C14H17N3O2. The Kier molecular flexibility index (Phi) is 2.78. The molecule has 0 unspecified atom stereocenters. The molecule has 5 heteroatoms. The molecule has 1 fully saturated rings. The Bertz CT molecular complexity index is 548. The highest BCUT2D eigenvalue weighted by atomic mass is 16.2. The number of benzene rings is 1. The molecule has 2 heterocycles. The minimum absolute atomic E-state index is 0.401. The van der Waals surface area contributed by atoms with Crippen molar-refractivity contribution in [2.75, 3.05) is 50.1 Å². The lowest BCUT2D eigenvalue weighted by atomic mass is 10.1. The Balaban J connectivity index is 1.91. The van der Waals surface area contributed by atoms with E-state index in [0.29, 0.717) is 5.56 Å². The van der Waals surface area contributed by atoms with E-state index in [-0.39, 0.29) is 0 Å². The molecule has 1 aromatic rings. The van der Waals surface area contributed by atoms with Crippen LogP contribution < -0.4 is 9.80 Å². The summed E-state index contributed by atoms with van der Waals surface area (Å²) < 4.78 is 0. The van der Waals surface area contributed by atoms with E-state index >= 15 is 0 Å². The zero-order valence-corrected chi connectivity index (χ0v) is 11.2. The van der Waals surface area contributed by atoms with Gasteiger partial charge < -0.3 is 14.7 Å². The van der Waals surface area contributed by atoms with Crippen LogP contribution in [-0.2, 0) is 4.79 Å². The van der Waals surface area contributed by atoms with Crippen molar-refractivity contribution in [3.05, 3.63) is 23.8 Å². The van der Waals surface area contributed by atoms with Gasteiger partial charge in [0.25, 0.3) is 11.7 Å². The molecule has 1 aromatic carbocycles. The molecule has 0 saturated carbocycles. The molecule has 0 radical (unpaired) electrons. The van der Waals surface area contributed by atoms with E-state index in [1.807, 2.05) is 12.1 Å². The van der Waals surface area contributed by atoms with E-state index in [4.69, 9.17) is 0 Å². The maximum atomic E-state index is 11.7. The average Bonchev–Trinajstić information content (AvgIpc) is 2.64. The molecule has 0 bridgehead atoms. The Morgan fingerprint density at radius 1 is 1.00 bits per heavy atom. The number of carbonyl (C=O) groups excluding carboxylic acids is 2. The summed E-state index contributed by atoms with van der Waals surface area (Å²) in [7, 11) is 3.77. The van der Waals surface area contributed by atoms with Crippen molar-refractivity contribution < 1.29 is 9.59 Å². The van der Waals surface area contributed by atoms with Crippen molar-refractivity contribution in [2.45, 2.75) is 0 Å². The molecule has 0 aromatic heterocycles. The number of ketones is 1. The highest BCUT2D eigenvalue weighted by Crippen LogP contribution is 2.32. The summed E-state index contributed by atoms with van der Waals surface area (Å²) in [5.41, 5.74) is 2.33. The molecule has 1 amide bonds. The lowest BCUT2D eigenvalue weighted by Gasteiger charge is -2.34. The molecule has 2 aliphatic heterocycles. The van der Waals surface area contributed by atoms with Crippen LogP contribution >= 0.6 is 0 Å². The van der Waals surface area contributed by atoms with Gasteiger partial charge in [0, 0.05) is 38.9 Å². The van der Waals surface area contributed by atoms with Gasteiger partial charge in [0.1, 0.15) is 0 Å². The average molecular weight is 259 g/mol. The van der Waals surface area contributed by atoms with Crippen LogP contribution in [0.25, 0.3) is 0 Å². The number of piperazine rings is 1. The maximum Gasteiger partial charge on any atom is 0.299 e. The maximum absolute atomic E-state index is 11.7. The topological polar surface area (TPSA) is 43.9 Å². The summed E-state index contributed by atoms with van der Waals surface area (Å²) in [6.45, 7) is 4.01. The van der Waals surface area contributed by atoms with Gasteiger partial charge in [0.05, 0.1) is 11.3 Å². The summed E-state index contributed by atoms with van der Waals surface area (Å²) in [6.07, 6.45) is 0. The first kappa shape index (κ1) is 12.2. The van der Waals surface area contributed by atoms with Crippen LogP contribution in [0, 0.1) is 0 Å². The van der Waals surface area contributed by atoms with Crippen LogP contribution in [0.3, 0.4) is 0 Å². The molecule has 0 spiro atoms. The number of hydrogen-bond donors (Lipinski definition) is 0. The third-order valence-electron chi connectivity index (χ3n) is 3.95. The lowest BCUT2D eigenvalue weighted by molar-refractivity contribution is -0.114. The number of Topliss-reactive ketones (excluding diaryl/α,β-unsaturated/α-hetero) is 1. The number of likely N-dealkylation sites (N-methyl/N-ethyl adjacent to an activating group) is 2. The second kappa shape index (κ2) is 4.35. The zero-order chi connectivity index (χ0) is 13.6. The summed E-state index contributed by atoms with van der Waals surface area (Å²) in [4.78, 5) is 29.4. The van der Waals surface area contributed by atoms with Gasteiger partial charge in [-0.15, -0.1) is 0 Å². The van der Waals surface area contributed by atoms with Crippen LogP contribution in [0.1, 0.15) is 10.4 Å². The zero-order valence-electron chi connectivity index (χ0n) is 11.2. The van der Waals surface area contributed by atoms with Crippen LogP contribution in [0.2, 0.25) is 0 Å². The Morgan fingerprint density at radius 3 is 2.37 bits per heavy atom. The summed E-state index contributed by atoms with van der Waals surface area (Å²) in [5, 5.41) is 0. The van der Waals surface area contributed by atoms with E-state index < -0.39 is 11.7 Å². The van der Waals surface area contributed by atoms with Gasteiger partial charge in [-0.05, 0) is 25.2 Å². The smallest absolute Gasteiger partial charge is 0.299 e. The normalized spacial score (nSPS) is 20.1. The lowest BCUT2D eigenvalue weighted by Crippen LogP contribution is -2.44. The predicted molar refractivity (Wildman–Crippen MR) is 73.9 cm³/mol. The third-order valence-corrected chi connectivity index (χ3v) is 3.95. The van der Waals surface area contributed by atoms with Gasteiger partial charge in [0.2, 0.25) is 0 Å². The molecule has 3 rings (SSSR count). The molecule has 100 valence electrons. The van der Waals surface area contributed by atoms with Crippen molar-refractivity contribution in [1.82, 2.24) is 4.90 Å². The molecule has 0 N–H and O–H groups in total. The predicted octanol–water partition coefficient (Wildman–Crippen LogP) is 0.597. The van der Waals surface area contributed by atoms with Crippen molar-refractivity contribution in [3.8, 4) is 0 Å². The number of nitrogens with zero attached hydrogens (tertiary/aromatic N) is 3. The first-order valence-corrected chi connectivity index (χ1v) is 6.48. The monoisotopic (exact) mass is 259 g/mol. The van der Waals surface area contributed by atoms with Gasteiger partial charge in [-0.3, -0.25) is 9.59 Å². The van der Waals surface area contributed by atoms with Gasteiger partial charge in [-0.1, -0.05) is 0 Å².